The quantitative estimate of drug-likeness (QED) is 0.633. The third kappa shape index (κ3) is 3.66. The lowest BCUT2D eigenvalue weighted by Crippen LogP contribution is -2.39. The molecule has 0 unspecified atom stereocenters. The molecule has 2 heterocycles. The second kappa shape index (κ2) is 8.23. The number of thiazole rings is 1. The van der Waals surface area contributed by atoms with Crippen molar-refractivity contribution in [3.05, 3.63) is 90.6 Å². The van der Waals surface area contributed by atoms with Crippen LogP contribution in [0.15, 0.2) is 69.6 Å². The topological polar surface area (TPSA) is 90.1 Å². The maximum Gasteiger partial charge on any atom is 0.338 e. The number of phenols is 1. The first-order valence-electron chi connectivity index (χ1n) is 9.47. The Labute approximate surface area is 181 Å². The van der Waals surface area contributed by atoms with Crippen LogP contribution in [0.2, 0.25) is 0 Å². The highest BCUT2D eigenvalue weighted by Gasteiger charge is 2.32. The first kappa shape index (κ1) is 20.6. The summed E-state index contributed by atoms with van der Waals surface area (Å²) in [5.41, 5.74) is 2.06. The minimum atomic E-state index is -0.638. The van der Waals surface area contributed by atoms with Crippen LogP contribution in [0.3, 0.4) is 0 Å². The number of carbonyl (C=O) groups is 1. The van der Waals surface area contributed by atoms with E-state index >= 15 is 0 Å². The normalized spacial score (nSPS) is 16.0. The van der Waals surface area contributed by atoms with E-state index in [1.807, 2.05) is 30.3 Å². The van der Waals surface area contributed by atoms with Crippen molar-refractivity contribution in [2.75, 3.05) is 14.2 Å². The number of methoxy groups -OCH3 is 2. The van der Waals surface area contributed by atoms with Crippen molar-refractivity contribution in [2.45, 2.75) is 13.0 Å². The molecule has 158 valence electrons. The fourth-order valence-corrected chi connectivity index (χ4v) is 4.63. The summed E-state index contributed by atoms with van der Waals surface area (Å²) in [6, 6.07) is 13.5. The highest BCUT2D eigenvalue weighted by atomic mass is 32.1. The van der Waals surface area contributed by atoms with Crippen LogP contribution in [0.25, 0.3) is 6.08 Å². The summed E-state index contributed by atoms with van der Waals surface area (Å²) in [5, 5.41) is 9.82. The number of allylic oxidation sites excluding steroid dienone is 1. The molecule has 8 heteroatoms. The van der Waals surface area contributed by atoms with Crippen LogP contribution < -0.4 is 19.6 Å². The molecule has 0 amide bonds. The van der Waals surface area contributed by atoms with E-state index in [9.17, 15) is 14.7 Å². The number of esters is 1. The van der Waals surface area contributed by atoms with Gasteiger partial charge in [0.1, 0.15) is 0 Å². The largest absolute Gasteiger partial charge is 0.504 e. The highest BCUT2D eigenvalue weighted by molar-refractivity contribution is 7.07. The van der Waals surface area contributed by atoms with E-state index in [0.717, 1.165) is 5.56 Å². The second-order valence-corrected chi connectivity index (χ2v) is 7.92. The van der Waals surface area contributed by atoms with Gasteiger partial charge in [-0.25, -0.2) is 9.79 Å². The number of hydrogen-bond donors (Lipinski definition) is 1. The Bertz CT molecular complexity index is 1370. The lowest BCUT2D eigenvalue weighted by Gasteiger charge is -2.24. The van der Waals surface area contributed by atoms with Crippen LogP contribution in [-0.4, -0.2) is 29.9 Å². The minimum Gasteiger partial charge on any atom is -0.504 e. The van der Waals surface area contributed by atoms with Gasteiger partial charge in [-0.05, 0) is 36.3 Å². The molecule has 0 saturated heterocycles. The Hall–Kier alpha value is -3.65. The van der Waals surface area contributed by atoms with Crippen LogP contribution in [-0.2, 0) is 9.53 Å². The Kier molecular flexibility index (Phi) is 5.48. The van der Waals surface area contributed by atoms with Gasteiger partial charge < -0.3 is 14.6 Å². The van der Waals surface area contributed by atoms with Gasteiger partial charge in [-0.2, -0.15) is 0 Å². The van der Waals surface area contributed by atoms with Gasteiger partial charge in [-0.15, -0.1) is 0 Å². The molecule has 4 rings (SSSR count). The summed E-state index contributed by atoms with van der Waals surface area (Å²) in [4.78, 5) is 31.0. The lowest BCUT2D eigenvalue weighted by molar-refractivity contribution is -0.136. The van der Waals surface area contributed by atoms with Gasteiger partial charge in [0.05, 0.1) is 36.1 Å². The summed E-state index contributed by atoms with van der Waals surface area (Å²) in [7, 11) is 2.78. The number of nitrogens with zero attached hydrogens (tertiary/aromatic N) is 2. The Morgan fingerprint density at radius 3 is 2.61 bits per heavy atom. The molecule has 0 fully saturated rings. The minimum absolute atomic E-state index is 0.0172. The van der Waals surface area contributed by atoms with Crippen molar-refractivity contribution in [3.8, 4) is 11.5 Å². The molecule has 0 spiro atoms. The molecular weight excluding hydrogens is 416 g/mol. The van der Waals surface area contributed by atoms with E-state index in [1.54, 1.807) is 25.1 Å². The number of carbonyl (C=O) groups excluding carboxylic acids is 1. The summed E-state index contributed by atoms with van der Waals surface area (Å²) in [5.74, 6) is -0.191. The summed E-state index contributed by atoms with van der Waals surface area (Å²) in [6.07, 6.45) is 1.71. The Morgan fingerprint density at radius 2 is 1.94 bits per heavy atom. The highest BCUT2D eigenvalue weighted by Crippen LogP contribution is 2.30. The maximum atomic E-state index is 13.4. The van der Waals surface area contributed by atoms with Crippen molar-refractivity contribution < 1.29 is 19.4 Å². The number of benzene rings is 2. The standard InChI is InChI=1S/C23H20N2O5S/c1-13-19(22(28)30-3)20(15-7-5-4-6-8-15)25-21(27)18(31-23(25)24-13)12-14-9-10-16(26)17(11-14)29-2/h4-12,20,26H,1-3H3/b18-12+/t20-/m1/s1. The maximum absolute atomic E-state index is 13.4. The van der Waals surface area contributed by atoms with Crippen LogP contribution in [0.4, 0.5) is 0 Å². The number of aromatic nitrogens is 1. The molecule has 3 aromatic rings. The van der Waals surface area contributed by atoms with Gasteiger partial charge in [0.25, 0.3) is 5.56 Å². The van der Waals surface area contributed by atoms with Gasteiger partial charge >= 0.3 is 5.97 Å². The third-order valence-electron chi connectivity index (χ3n) is 5.04. The average Bonchev–Trinajstić information content (AvgIpc) is 3.08. The molecule has 1 atom stereocenters. The van der Waals surface area contributed by atoms with E-state index in [2.05, 4.69) is 4.99 Å². The van der Waals surface area contributed by atoms with Crippen molar-refractivity contribution in [3.63, 3.8) is 0 Å². The molecular formula is C23H20N2O5S. The van der Waals surface area contributed by atoms with Crippen LogP contribution in [0.1, 0.15) is 24.1 Å². The molecule has 0 bridgehead atoms. The third-order valence-corrected chi connectivity index (χ3v) is 6.03. The number of rotatable bonds is 4. The van der Waals surface area contributed by atoms with E-state index in [0.29, 0.717) is 31.9 Å². The molecule has 0 radical (unpaired) electrons. The molecule has 7 nitrogen and oxygen atoms in total. The van der Waals surface area contributed by atoms with Gasteiger partial charge in [-0.1, -0.05) is 47.7 Å². The molecule has 1 N–H and O–H groups in total. The zero-order valence-electron chi connectivity index (χ0n) is 17.2. The number of aromatic hydroxyl groups is 1. The SMILES string of the molecule is COC(=O)C1=C(C)N=c2s/c(=C/c3ccc(O)c(OC)c3)c(=O)n2[C@@H]1c1ccccc1. The average molecular weight is 436 g/mol. The fraction of sp³-hybridized carbons (Fsp3) is 0.174. The Morgan fingerprint density at radius 1 is 1.19 bits per heavy atom. The number of ether oxygens (including phenoxy) is 2. The van der Waals surface area contributed by atoms with Gasteiger partial charge in [0, 0.05) is 0 Å². The van der Waals surface area contributed by atoms with E-state index < -0.39 is 12.0 Å². The van der Waals surface area contributed by atoms with E-state index in [-0.39, 0.29) is 11.3 Å². The predicted molar refractivity (Wildman–Crippen MR) is 117 cm³/mol. The zero-order valence-corrected chi connectivity index (χ0v) is 18.0. The summed E-state index contributed by atoms with van der Waals surface area (Å²) < 4.78 is 12.1. The molecule has 2 aromatic carbocycles. The first-order valence-corrected chi connectivity index (χ1v) is 10.3. The van der Waals surface area contributed by atoms with E-state index in [4.69, 9.17) is 9.47 Å². The lowest BCUT2D eigenvalue weighted by atomic mass is 9.96. The van der Waals surface area contributed by atoms with Crippen molar-refractivity contribution in [2.24, 2.45) is 4.99 Å². The monoisotopic (exact) mass is 436 g/mol. The molecule has 0 aliphatic carbocycles. The fourth-order valence-electron chi connectivity index (χ4n) is 3.58. The van der Waals surface area contributed by atoms with Gasteiger partial charge in [0.2, 0.25) is 0 Å². The summed E-state index contributed by atoms with van der Waals surface area (Å²) in [6.45, 7) is 1.74. The van der Waals surface area contributed by atoms with Crippen molar-refractivity contribution in [1.82, 2.24) is 4.57 Å². The molecule has 1 aliphatic heterocycles. The van der Waals surface area contributed by atoms with Crippen molar-refractivity contribution in [1.29, 1.82) is 0 Å². The van der Waals surface area contributed by atoms with Crippen molar-refractivity contribution >= 4 is 23.4 Å². The van der Waals surface area contributed by atoms with Crippen LogP contribution in [0.5, 0.6) is 11.5 Å². The van der Waals surface area contributed by atoms with E-state index in [1.165, 1.54) is 36.2 Å². The smallest absolute Gasteiger partial charge is 0.338 e. The molecule has 31 heavy (non-hydrogen) atoms. The second-order valence-electron chi connectivity index (χ2n) is 6.92. The molecule has 1 aromatic heterocycles. The number of phenolic OH excluding ortho intramolecular Hbond substituents is 1. The number of hydrogen-bond acceptors (Lipinski definition) is 7. The predicted octanol–water partition coefficient (Wildman–Crippen LogP) is 2.12. The first-order chi connectivity index (χ1) is 14.9. The van der Waals surface area contributed by atoms with Crippen LogP contribution in [0, 0.1) is 0 Å². The molecule has 1 aliphatic rings. The zero-order chi connectivity index (χ0) is 22.1. The van der Waals surface area contributed by atoms with Crippen LogP contribution >= 0.6 is 11.3 Å². The Balaban J connectivity index is 1.95. The molecule has 0 saturated carbocycles. The summed E-state index contributed by atoms with van der Waals surface area (Å²) >= 11 is 1.24. The van der Waals surface area contributed by atoms with Gasteiger partial charge in [0.15, 0.2) is 16.3 Å². The van der Waals surface area contributed by atoms with Gasteiger partial charge in [-0.3, -0.25) is 9.36 Å². The number of fused-ring (bicyclic) bond motifs is 1.